The summed E-state index contributed by atoms with van der Waals surface area (Å²) in [6, 6.07) is 6.51. The van der Waals surface area contributed by atoms with Gasteiger partial charge in [0.15, 0.2) is 0 Å². The molecule has 0 radical (unpaired) electrons. The van der Waals surface area contributed by atoms with Gasteiger partial charge in [-0.25, -0.2) is 0 Å². The van der Waals surface area contributed by atoms with Crippen LogP contribution in [-0.2, 0) is 28.2 Å². The number of aryl methyl sites for hydroxylation is 2. The molecular weight excluding hydrogens is 635 g/mol. The first-order valence-corrected chi connectivity index (χ1v) is 14.1. The molecule has 2 saturated heterocycles. The summed E-state index contributed by atoms with van der Waals surface area (Å²) in [4.78, 5) is 19.4. The molecule has 0 aromatic heterocycles. The van der Waals surface area contributed by atoms with Crippen LogP contribution in [0.5, 0.6) is 0 Å². The fourth-order valence-corrected chi connectivity index (χ4v) is 5.33. The Morgan fingerprint density at radius 2 is 1.41 bits per heavy atom. The molecule has 2 aliphatic heterocycles. The average Bonchev–Trinajstić information content (AvgIpc) is 2.94. The van der Waals surface area contributed by atoms with Gasteiger partial charge in [-0.1, -0.05) is 18.2 Å². The normalized spacial score (nSPS) is 18.5. The van der Waals surface area contributed by atoms with Gasteiger partial charge >= 0.3 is 12.4 Å². The number of hydrogen-bond acceptors (Lipinski definition) is 5. The van der Waals surface area contributed by atoms with E-state index in [9.17, 15) is 31.1 Å². The number of benzene rings is 2. The second-order valence-electron chi connectivity index (χ2n) is 10.9. The number of morpholine rings is 1. The van der Waals surface area contributed by atoms with E-state index in [1.54, 1.807) is 0 Å². The molecular formula is C30H39Cl2F6N3O3. The van der Waals surface area contributed by atoms with Gasteiger partial charge in [-0.3, -0.25) is 14.6 Å². The van der Waals surface area contributed by atoms with Crippen LogP contribution in [0.4, 0.5) is 26.3 Å². The molecule has 0 aliphatic carbocycles. The summed E-state index contributed by atoms with van der Waals surface area (Å²) in [7, 11) is 0. The molecule has 0 saturated carbocycles. The lowest BCUT2D eigenvalue weighted by Crippen LogP contribution is -2.56. The third kappa shape index (κ3) is 10.5. The van der Waals surface area contributed by atoms with Crippen molar-refractivity contribution in [2.24, 2.45) is 0 Å². The minimum Gasteiger partial charge on any atom is -0.379 e. The molecule has 1 atom stereocenters. The van der Waals surface area contributed by atoms with Gasteiger partial charge < -0.3 is 14.4 Å². The van der Waals surface area contributed by atoms with Crippen molar-refractivity contribution in [2.45, 2.75) is 38.7 Å². The van der Waals surface area contributed by atoms with E-state index < -0.39 is 41.0 Å². The van der Waals surface area contributed by atoms with Gasteiger partial charge in [0.05, 0.1) is 37.6 Å². The van der Waals surface area contributed by atoms with Crippen LogP contribution in [0.25, 0.3) is 0 Å². The van der Waals surface area contributed by atoms with Crippen molar-refractivity contribution in [3.63, 3.8) is 0 Å². The summed E-state index contributed by atoms with van der Waals surface area (Å²) in [5, 5.41) is 0. The van der Waals surface area contributed by atoms with Crippen molar-refractivity contribution in [1.29, 1.82) is 0 Å². The number of halogens is 8. The summed E-state index contributed by atoms with van der Waals surface area (Å²) < 4.78 is 92.1. The van der Waals surface area contributed by atoms with Crippen LogP contribution in [0.2, 0.25) is 0 Å². The lowest BCUT2D eigenvalue weighted by Gasteiger charge is -2.42. The van der Waals surface area contributed by atoms with Crippen LogP contribution in [0, 0.1) is 13.8 Å². The summed E-state index contributed by atoms with van der Waals surface area (Å²) in [5.74, 6) is -0.846. The number of rotatable bonds is 9. The SMILES string of the molecule is Cc1ccc(C[C@@H]2CN(CCOCCN3CCOCC3)CCN2C(=O)c2cc(C(F)(F)F)cc(C(F)(F)F)c2)cc1C.Cl.Cl. The summed E-state index contributed by atoms with van der Waals surface area (Å²) in [6.45, 7) is 10.5. The van der Waals surface area contributed by atoms with Crippen molar-refractivity contribution in [3.8, 4) is 0 Å². The van der Waals surface area contributed by atoms with E-state index in [-0.39, 0.29) is 37.4 Å². The van der Waals surface area contributed by atoms with Gasteiger partial charge in [0.2, 0.25) is 0 Å². The van der Waals surface area contributed by atoms with Gasteiger partial charge in [-0.15, -0.1) is 24.8 Å². The quantitative estimate of drug-likeness (QED) is 0.245. The molecule has 2 fully saturated rings. The molecule has 0 spiro atoms. The van der Waals surface area contributed by atoms with E-state index in [0.29, 0.717) is 64.6 Å². The number of amides is 1. The lowest BCUT2D eigenvalue weighted by molar-refractivity contribution is -0.143. The van der Waals surface area contributed by atoms with Crippen LogP contribution in [0.15, 0.2) is 36.4 Å². The second kappa shape index (κ2) is 16.5. The van der Waals surface area contributed by atoms with Crippen molar-refractivity contribution in [1.82, 2.24) is 14.7 Å². The molecule has 2 aliphatic rings. The van der Waals surface area contributed by atoms with Crippen LogP contribution in [-0.4, -0.2) is 98.9 Å². The van der Waals surface area contributed by atoms with Crippen molar-refractivity contribution in [2.75, 3.05) is 72.2 Å². The largest absolute Gasteiger partial charge is 0.416 e. The fourth-order valence-electron chi connectivity index (χ4n) is 5.33. The zero-order chi connectivity index (χ0) is 30.5. The van der Waals surface area contributed by atoms with E-state index in [2.05, 4.69) is 9.80 Å². The number of hydrogen-bond donors (Lipinski definition) is 0. The minimum atomic E-state index is -5.03. The van der Waals surface area contributed by atoms with Crippen LogP contribution in [0.3, 0.4) is 0 Å². The molecule has 6 nitrogen and oxygen atoms in total. The average molecular weight is 675 g/mol. The zero-order valence-electron chi connectivity index (χ0n) is 24.7. The Labute approximate surface area is 266 Å². The molecule has 248 valence electrons. The van der Waals surface area contributed by atoms with Gasteiger partial charge in [0, 0.05) is 57.4 Å². The van der Waals surface area contributed by atoms with Gasteiger partial charge in [-0.05, 0) is 55.2 Å². The maximum atomic E-state index is 13.6. The molecule has 0 N–H and O–H groups in total. The molecule has 2 heterocycles. The van der Waals surface area contributed by atoms with Crippen molar-refractivity contribution >= 4 is 30.7 Å². The molecule has 0 unspecified atom stereocenters. The number of alkyl halides is 6. The van der Waals surface area contributed by atoms with Crippen LogP contribution in [0.1, 0.15) is 38.2 Å². The second-order valence-corrected chi connectivity index (χ2v) is 10.9. The first-order valence-electron chi connectivity index (χ1n) is 14.1. The molecule has 4 rings (SSSR count). The third-order valence-corrected chi connectivity index (χ3v) is 7.91. The maximum absolute atomic E-state index is 13.6. The van der Waals surface area contributed by atoms with E-state index in [4.69, 9.17) is 9.47 Å². The van der Waals surface area contributed by atoms with Gasteiger partial charge in [-0.2, -0.15) is 26.3 Å². The van der Waals surface area contributed by atoms with E-state index in [1.807, 2.05) is 32.0 Å². The number of piperazine rings is 1. The smallest absolute Gasteiger partial charge is 0.379 e. The molecule has 44 heavy (non-hydrogen) atoms. The Bertz CT molecular complexity index is 1190. The molecule has 2 aromatic carbocycles. The Kier molecular flexibility index (Phi) is 14.3. The fraction of sp³-hybridized carbons (Fsp3) is 0.567. The number of nitrogens with zero attached hydrogens (tertiary/aromatic N) is 3. The van der Waals surface area contributed by atoms with Gasteiger partial charge in [0.1, 0.15) is 0 Å². The predicted molar refractivity (Wildman–Crippen MR) is 160 cm³/mol. The van der Waals surface area contributed by atoms with Crippen LogP contribution < -0.4 is 0 Å². The van der Waals surface area contributed by atoms with Gasteiger partial charge in [0.25, 0.3) is 5.91 Å². The summed E-state index contributed by atoms with van der Waals surface area (Å²) in [6.07, 6.45) is -9.66. The highest BCUT2D eigenvalue weighted by Gasteiger charge is 2.39. The Balaban J connectivity index is 0.00000337. The molecule has 14 heteroatoms. The Hall–Kier alpha value is -2.09. The Morgan fingerprint density at radius 1 is 0.818 bits per heavy atom. The summed E-state index contributed by atoms with van der Waals surface area (Å²) in [5.41, 5.74) is -0.542. The lowest BCUT2D eigenvalue weighted by atomic mass is 9.97. The zero-order valence-corrected chi connectivity index (χ0v) is 26.3. The monoisotopic (exact) mass is 673 g/mol. The standard InChI is InChI=1S/C30H37F6N3O3.2ClH/c1-21-3-4-23(15-22(21)2)16-27-20-38(10-14-42-13-9-37-7-11-41-12-8-37)5-6-39(27)28(40)24-17-25(29(31,32)33)19-26(18-24)30(34,35)36;;/h3-4,15,17-19,27H,5-14,16,20H2,1-2H3;2*1H/t27-;;/m1../s1. The number of carbonyl (C=O) groups excluding carboxylic acids is 1. The van der Waals surface area contributed by atoms with E-state index in [0.717, 1.165) is 36.3 Å². The number of carbonyl (C=O) groups is 1. The minimum absolute atomic E-state index is 0. The molecule has 1 amide bonds. The van der Waals surface area contributed by atoms with E-state index >= 15 is 0 Å². The maximum Gasteiger partial charge on any atom is 0.416 e. The Morgan fingerprint density at radius 3 is 1.98 bits per heavy atom. The highest BCUT2D eigenvalue weighted by Crippen LogP contribution is 2.37. The summed E-state index contributed by atoms with van der Waals surface area (Å²) >= 11 is 0. The molecule has 0 bridgehead atoms. The highest BCUT2D eigenvalue weighted by molar-refractivity contribution is 5.95. The molecule has 2 aromatic rings. The topological polar surface area (TPSA) is 45.2 Å². The van der Waals surface area contributed by atoms with Crippen molar-refractivity contribution in [3.05, 3.63) is 69.8 Å². The highest BCUT2D eigenvalue weighted by atomic mass is 35.5. The predicted octanol–water partition coefficient (Wildman–Crippen LogP) is 5.90. The first-order chi connectivity index (χ1) is 19.8. The third-order valence-electron chi connectivity index (χ3n) is 7.91. The van der Waals surface area contributed by atoms with Crippen molar-refractivity contribution < 1.29 is 40.6 Å². The van der Waals surface area contributed by atoms with E-state index in [1.165, 1.54) is 4.90 Å². The first kappa shape index (κ1) is 38.1. The number of ether oxygens (including phenoxy) is 2. The van der Waals surface area contributed by atoms with Crippen LogP contribution >= 0.6 is 24.8 Å².